The summed E-state index contributed by atoms with van der Waals surface area (Å²) in [5.41, 5.74) is 2.60. The first-order valence-corrected chi connectivity index (χ1v) is 11.0. The monoisotopic (exact) mass is 447 g/mol. The van der Waals surface area contributed by atoms with E-state index in [1.165, 1.54) is 23.3 Å². The average molecular weight is 448 g/mol. The minimum Gasteiger partial charge on any atom is -0.488 e. The number of β-amino-alcohol motifs (C(OH)–C–C–N with tert-alkyl or cyclic N) is 1. The predicted octanol–water partition coefficient (Wildman–Crippen LogP) is 3.90. The molecular formula is C25H31F2NO4. The van der Waals surface area contributed by atoms with Crippen molar-refractivity contribution in [3.63, 3.8) is 0 Å². The normalized spacial score (nSPS) is 14.9. The van der Waals surface area contributed by atoms with Gasteiger partial charge in [0.2, 0.25) is 5.82 Å². The van der Waals surface area contributed by atoms with Gasteiger partial charge in [-0.25, -0.2) is 4.39 Å². The maximum Gasteiger partial charge on any atom is 0.303 e. The number of carboxylic acid groups (broad SMARTS) is 1. The number of nitrogens with one attached hydrogen (secondary N) is 1. The number of ether oxygens (including phenoxy) is 1. The second-order valence-electron chi connectivity index (χ2n) is 9.22. The molecule has 0 spiro atoms. The number of rotatable bonds is 11. The lowest BCUT2D eigenvalue weighted by Crippen LogP contribution is -2.46. The van der Waals surface area contributed by atoms with Crippen molar-refractivity contribution < 1.29 is 28.5 Å². The van der Waals surface area contributed by atoms with Crippen molar-refractivity contribution in [1.29, 1.82) is 0 Å². The molecule has 174 valence electrons. The van der Waals surface area contributed by atoms with Gasteiger partial charge in [-0.15, -0.1) is 0 Å². The maximum atomic E-state index is 14.2. The van der Waals surface area contributed by atoms with Crippen LogP contribution in [0.2, 0.25) is 0 Å². The van der Waals surface area contributed by atoms with Gasteiger partial charge in [-0.2, -0.15) is 4.39 Å². The molecule has 0 unspecified atom stereocenters. The highest BCUT2D eigenvalue weighted by molar-refractivity contribution is 5.67. The first kappa shape index (κ1) is 24.1. The molecule has 1 atom stereocenters. The highest BCUT2D eigenvalue weighted by Crippen LogP contribution is 2.32. The molecule has 3 N–H and O–H groups in total. The fourth-order valence-electron chi connectivity index (χ4n) is 4.35. The summed E-state index contributed by atoms with van der Waals surface area (Å²) in [5, 5.41) is 22.3. The van der Waals surface area contributed by atoms with Crippen LogP contribution in [0.3, 0.4) is 0 Å². The number of halogens is 2. The second kappa shape index (κ2) is 10.4. The lowest BCUT2D eigenvalue weighted by Gasteiger charge is -2.30. The first-order chi connectivity index (χ1) is 15.1. The number of benzene rings is 2. The molecule has 0 radical (unpaired) electrons. The Morgan fingerprint density at radius 1 is 1.16 bits per heavy atom. The number of carboxylic acids is 1. The Morgan fingerprint density at radius 3 is 2.44 bits per heavy atom. The van der Waals surface area contributed by atoms with E-state index in [4.69, 9.17) is 9.84 Å². The average Bonchev–Trinajstić information content (AvgIpc) is 3.14. The molecule has 5 nitrogen and oxygen atoms in total. The Balaban J connectivity index is 1.45. The molecule has 0 aliphatic heterocycles. The van der Waals surface area contributed by atoms with E-state index < -0.39 is 23.7 Å². The third kappa shape index (κ3) is 6.50. The molecule has 32 heavy (non-hydrogen) atoms. The number of aryl methyl sites for hydroxylation is 1. The van der Waals surface area contributed by atoms with E-state index >= 15 is 0 Å². The number of hydrogen-bond donors (Lipinski definition) is 3. The van der Waals surface area contributed by atoms with Crippen LogP contribution >= 0.6 is 0 Å². The number of aliphatic carboxylic acids is 1. The smallest absolute Gasteiger partial charge is 0.303 e. The van der Waals surface area contributed by atoms with Crippen molar-refractivity contribution >= 4 is 5.97 Å². The van der Waals surface area contributed by atoms with Crippen LogP contribution in [0.15, 0.2) is 36.4 Å². The van der Waals surface area contributed by atoms with Gasteiger partial charge in [0.1, 0.15) is 12.7 Å². The Hall–Kier alpha value is -2.51. The van der Waals surface area contributed by atoms with Crippen LogP contribution in [0, 0.1) is 17.6 Å². The molecule has 0 saturated carbocycles. The number of fused-ring (bicyclic) bond motifs is 1. The lowest BCUT2D eigenvalue weighted by molar-refractivity contribution is -0.136. The molecular weight excluding hydrogens is 416 g/mol. The van der Waals surface area contributed by atoms with Gasteiger partial charge in [-0.1, -0.05) is 30.3 Å². The summed E-state index contributed by atoms with van der Waals surface area (Å²) in [6.07, 6.45) is 1.77. The van der Waals surface area contributed by atoms with Gasteiger partial charge in [0.25, 0.3) is 0 Å². The zero-order valence-corrected chi connectivity index (χ0v) is 18.5. The molecule has 2 aromatic carbocycles. The van der Waals surface area contributed by atoms with Gasteiger partial charge < -0.3 is 20.3 Å². The lowest BCUT2D eigenvalue weighted by atomic mass is 9.88. The van der Waals surface area contributed by atoms with E-state index in [9.17, 15) is 18.7 Å². The molecule has 0 bridgehead atoms. The van der Waals surface area contributed by atoms with E-state index in [0.29, 0.717) is 5.92 Å². The minimum atomic E-state index is -1.17. The van der Waals surface area contributed by atoms with E-state index in [2.05, 4.69) is 43.4 Å². The standard InChI is InChI=1S/C25H31F2NO4/c1-25(2,13-16-11-18-5-3-4-6-19(18)12-16)28-14-20(29)15-32-21-9-7-17(8-10-22(30)31)23(26)24(21)27/h3-7,9,16,20,28-29H,8,10-15H2,1-2H3,(H,30,31)/t20-/m0/s1. The Kier molecular flexibility index (Phi) is 7.85. The third-order valence-electron chi connectivity index (χ3n) is 5.92. The minimum absolute atomic E-state index is 0.0183. The van der Waals surface area contributed by atoms with Crippen LogP contribution in [-0.2, 0) is 24.1 Å². The predicted molar refractivity (Wildman–Crippen MR) is 118 cm³/mol. The topological polar surface area (TPSA) is 78.8 Å². The van der Waals surface area contributed by atoms with Crippen molar-refractivity contribution in [2.75, 3.05) is 13.2 Å². The van der Waals surface area contributed by atoms with Gasteiger partial charge >= 0.3 is 5.97 Å². The number of carbonyl (C=O) groups is 1. The van der Waals surface area contributed by atoms with Crippen molar-refractivity contribution in [1.82, 2.24) is 5.32 Å². The molecule has 0 aromatic heterocycles. The van der Waals surface area contributed by atoms with Crippen molar-refractivity contribution in [2.45, 2.75) is 57.6 Å². The molecule has 0 saturated heterocycles. The van der Waals surface area contributed by atoms with E-state index in [0.717, 1.165) is 19.3 Å². The molecule has 1 aliphatic carbocycles. The molecule has 0 fully saturated rings. The summed E-state index contributed by atoms with van der Waals surface area (Å²) in [6.45, 7) is 4.25. The van der Waals surface area contributed by atoms with Crippen LogP contribution in [0.4, 0.5) is 8.78 Å². The summed E-state index contributed by atoms with van der Waals surface area (Å²) in [4.78, 5) is 10.6. The van der Waals surface area contributed by atoms with Gasteiger partial charge in [0.05, 0.1) is 0 Å². The fraction of sp³-hybridized carbons (Fsp3) is 0.480. The summed E-state index contributed by atoms with van der Waals surface area (Å²) in [6, 6.07) is 11.1. The number of aliphatic hydroxyl groups excluding tert-OH is 1. The van der Waals surface area contributed by atoms with Crippen LogP contribution in [0.5, 0.6) is 5.75 Å². The number of aliphatic hydroxyl groups is 1. The van der Waals surface area contributed by atoms with Crippen LogP contribution in [0.25, 0.3) is 0 Å². The Morgan fingerprint density at radius 2 is 1.81 bits per heavy atom. The Bertz CT molecular complexity index is 923. The van der Waals surface area contributed by atoms with Crippen LogP contribution < -0.4 is 10.1 Å². The second-order valence-corrected chi connectivity index (χ2v) is 9.22. The molecule has 3 rings (SSSR count). The Labute approximate surface area is 187 Å². The SMILES string of the molecule is CC(C)(CC1Cc2ccccc2C1)NC[C@H](O)COc1ccc(CCC(=O)O)c(F)c1F. The molecule has 7 heteroatoms. The summed E-state index contributed by atoms with van der Waals surface area (Å²) >= 11 is 0. The fourth-order valence-corrected chi connectivity index (χ4v) is 4.35. The summed E-state index contributed by atoms with van der Waals surface area (Å²) < 4.78 is 33.6. The van der Waals surface area contributed by atoms with Crippen molar-refractivity contribution in [3.05, 3.63) is 64.7 Å². The zero-order chi connectivity index (χ0) is 23.3. The largest absolute Gasteiger partial charge is 0.488 e. The molecule has 0 amide bonds. The van der Waals surface area contributed by atoms with Crippen LogP contribution in [0.1, 0.15) is 43.4 Å². The molecule has 1 aliphatic rings. The summed E-state index contributed by atoms with van der Waals surface area (Å²) in [5.74, 6) is -3.13. The third-order valence-corrected chi connectivity index (χ3v) is 5.92. The van der Waals surface area contributed by atoms with E-state index in [1.807, 2.05) is 0 Å². The highest BCUT2D eigenvalue weighted by Gasteiger charge is 2.28. The van der Waals surface area contributed by atoms with Gasteiger partial charge in [-0.3, -0.25) is 4.79 Å². The molecule has 2 aromatic rings. The van der Waals surface area contributed by atoms with Gasteiger partial charge in [-0.05, 0) is 68.2 Å². The van der Waals surface area contributed by atoms with Gasteiger partial charge in [0.15, 0.2) is 11.6 Å². The quantitative estimate of drug-likeness (QED) is 0.487. The highest BCUT2D eigenvalue weighted by atomic mass is 19.2. The van der Waals surface area contributed by atoms with Crippen molar-refractivity contribution in [2.24, 2.45) is 5.92 Å². The van der Waals surface area contributed by atoms with E-state index in [-0.39, 0.29) is 42.8 Å². The van der Waals surface area contributed by atoms with Crippen molar-refractivity contribution in [3.8, 4) is 5.75 Å². The first-order valence-electron chi connectivity index (χ1n) is 11.0. The van der Waals surface area contributed by atoms with E-state index in [1.54, 1.807) is 0 Å². The zero-order valence-electron chi connectivity index (χ0n) is 18.5. The summed E-state index contributed by atoms with van der Waals surface area (Å²) in [7, 11) is 0. The van der Waals surface area contributed by atoms with Gasteiger partial charge in [0, 0.05) is 18.5 Å². The molecule has 0 heterocycles. The number of hydrogen-bond acceptors (Lipinski definition) is 4. The maximum absolute atomic E-state index is 14.2. The van der Waals surface area contributed by atoms with Crippen LogP contribution in [-0.4, -0.2) is 41.0 Å².